The Morgan fingerprint density at radius 2 is 2.00 bits per heavy atom. The molecule has 0 atom stereocenters. The number of ether oxygens (including phenoxy) is 1. The van der Waals surface area contributed by atoms with Gasteiger partial charge in [0.15, 0.2) is 0 Å². The minimum atomic E-state index is 0.458. The quantitative estimate of drug-likeness (QED) is 0.736. The van der Waals surface area contributed by atoms with Crippen LogP contribution in [-0.2, 0) is 6.61 Å². The second-order valence-electron chi connectivity index (χ2n) is 6.52. The molecule has 0 radical (unpaired) electrons. The fraction of sp³-hybridized carbons (Fsp3) is 0.300. The van der Waals surface area contributed by atoms with E-state index in [0.717, 1.165) is 48.4 Å². The van der Waals surface area contributed by atoms with Gasteiger partial charge in [-0.15, -0.1) is 0 Å². The minimum Gasteiger partial charge on any atom is -0.487 e. The first kappa shape index (κ1) is 17.1. The summed E-state index contributed by atoms with van der Waals surface area (Å²) in [5, 5.41) is 8.65. The Morgan fingerprint density at radius 3 is 2.85 bits per heavy atom. The van der Waals surface area contributed by atoms with Crippen molar-refractivity contribution >= 4 is 11.6 Å². The topological polar surface area (TPSA) is 52.0 Å². The molecule has 4 rings (SSSR count). The molecule has 1 aliphatic heterocycles. The molecule has 1 N–H and O–H groups in total. The van der Waals surface area contributed by atoms with E-state index in [1.807, 2.05) is 42.7 Å². The zero-order valence-electron chi connectivity index (χ0n) is 14.4. The second-order valence-corrected chi connectivity index (χ2v) is 6.95. The third-order valence-corrected chi connectivity index (χ3v) is 4.86. The molecule has 0 amide bonds. The predicted molar refractivity (Wildman–Crippen MR) is 102 cm³/mol. The van der Waals surface area contributed by atoms with Gasteiger partial charge in [-0.2, -0.15) is 5.10 Å². The van der Waals surface area contributed by atoms with Gasteiger partial charge in [-0.05, 0) is 49.7 Å². The van der Waals surface area contributed by atoms with Crippen molar-refractivity contribution in [2.75, 3.05) is 13.1 Å². The van der Waals surface area contributed by atoms with Crippen molar-refractivity contribution in [3.63, 3.8) is 0 Å². The summed E-state index contributed by atoms with van der Waals surface area (Å²) in [7, 11) is 0. The number of benzene rings is 1. The Balaban J connectivity index is 1.46. The highest BCUT2D eigenvalue weighted by Gasteiger charge is 2.16. The third-order valence-electron chi connectivity index (χ3n) is 4.63. The molecule has 0 unspecified atom stereocenters. The highest BCUT2D eigenvalue weighted by Crippen LogP contribution is 2.25. The lowest BCUT2D eigenvalue weighted by atomic mass is 10.1. The van der Waals surface area contributed by atoms with Gasteiger partial charge >= 0.3 is 0 Å². The summed E-state index contributed by atoms with van der Waals surface area (Å²) in [6.45, 7) is 2.56. The van der Waals surface area contributed by atoms with Gasteiger partial charge in [-0.1, -0.05) is 23.7 Å². The van der Waals surface area contributed by atoms with Crippen LogP contribution in [0.4, 0.5) is 0 Å². The van der Waals surface area contributed by atoms with Gasteiger partial charge in [0, 0.05) is 28.5 Å². The zero-order chi connectivity index (χ0) is 17.8. The van der Waals surface area contributed by atoms with Crippen LogP contribution in [0.3, 0.4) is 0 Å². The molecule has 1 aromatic carbocycles. The number of nitrogens with zero attached hydrogens (tertiary/aromatic N) is 3. The highest BCUT2D eigenvalue weighted by atomic mass is 35.5. The monoisotopic (exact) mass is 368 g/mol. The van der Waals surface area contributed by atoms with Crippen molar-refractivity contribution in [2.45, 2.75) is 25.5 Å². The largest absolute Gasteiger partial charge is 0.487 e. The van der Waals surface area contributed by atoms with Crippen LogP contribution in [0.1, 0.15) is 24.4 Å². The van der Waals surface area contributed by atoms with Crippen LogP contribution in [0.15, 0.2) is 55.1 Å². The van der Waals surface area contributed by atoms with Crippen LogP contribution < -0.4 is 10.1 Å². The molecular weight excluding hydrogens is 348 g/mol. The van der Waals surface area contributed by atoms with Crippen molar-refractivity contribution in [1.82, 2.24) is 20.1 Å². The zero-order valence-corrected chi connectivity index (χ0v) is 15.2. The van der Waals surface area contributed by atoms with E-state index in [1.165, 1.54) is 0 Å². The number of pyridine rings is 1. The first-order valence-corrected chi connectivity index (χ1v) is 9.23. The molecule has 0 spiro atoms. The minimum absolute atomic E-state index is 0.458. The summed E-state index contributed by atoms with van der Waals surface area (Å²) in [5.41, 5.74) is 3.10. The normalized spacial score (nSPS) is 15.1. The van der Waals surface area contributed by atoms with Crippen molar-refractivity contribution in [1.29, 1.82) is 0 Å². The average Bonchev–Trinajstić information content (AvgIpc) is 3.18. The van der Waals surface area contributed by atoms with Crippen LogP contribution in [0.5, 0.6) is 5.75 Å². The van der Waals surface area contributed by atoms with E-state index >= 15 is 0 Å². The van der Waals surface area contributed by atoms with Gasteiger partial charge in [0.05, 0.1) is 18.4 Å². The lowest BCUT2D eigenvalue weighted by Crippen LogP contribution is -2.29. The van der Waals surface area contributed by atoms with Gasteiger partial charge in [-0.25, -0.2) is 0 Å². The predicted octanol–water partition coefficient (Wildman–Crippen LogP) is 4.10. The first-order valence-electron chi connectivity index (χ1n) is 8.85. The van der Waals surface area contributed by atoms with E-state index < -0.39 is 0 Å². The molecule has 2 aromatic heterocycles. The van der Waals surface area contributed by atoms with Gasteiger partial charge in [0.2, 0.25) is 0 Å². The maximum Gasteiger partial charge on any atom is 0.138 e. The number of rotatable bonds is 5. The molecule has 1 aliphatic rings. The van der Waals surface area contributed by atoms with E-state index in [4.69, 9.17) is 16.3 Å². The fourth-order valence-corrected chi connectivity index (χ4v) is 3.42. The Hall–Kier alpha value is -2.37. The smallest absolute Gasteiger partial charge is 0.138 e. The van der Waals surface area contributed by atoms with E-state index in [-0.39, 0.29) is 0 Å². The molecule has 26 heavy (non-hydrogen) atoms. The lowest BCUT2D eigenvalue weighted by molar-refractivity contribution is 0.305. The first-order chi connectivity index (χ1) is 12.8. The van der Waals surface area contributed by atoms with Gasteiger partial charge in [0.1, 0.15) is 12.4 Å². The van der Waals surface area contributed by atoms with Crippen LogP contribution in [0, 0.1) is 0 Å². The van der Waals surface area contributed by atoms with Crippen LogP contribution in [0.2, 0.25) is 5.02 Å². The molecule has 0 aliphatic carbocycles. The van der Waals surface area contributed by atoms with Crippen LogP contribution in [0.25, 0.3) is 11.1 Å². The van der Waals surface area contributed by atoms with Gasteiger partial charge in [-0.3, -0.25) is 9.67 Å². The Labute approximate surface area is 158 Å². The average molecular weight is 369 g/mol. The standard InChI is InChI=1S/C20H21ClN4O/c21-18-3-1-2-15(8-18)14-26-20-9-16(10-23-12-20)17-11-24-25(13-17)19-4-6-22-7-5-19/h1-3,8-13,19,22H,4-7,14H2. The number of nitrogens with one attached hydrogen (secondary N) is 1. The van der Waals surface area contributed by atoms with Crippen molar-refractivity contribution in [2.24, 2.45) is 0 Å². The summed E-state index contributed by atoms with van der Waals surface area (Å²) < 4.78 is 7.95. The highest BCUT2D eigenvalue weighted by molar-refractivity contribution is 6.30. The van der Waals surface area contributed by atoms with Gasteiger partial charge < -0.3 is 10.1 Å². The van der Waals surface area contributed by atoms with Crippen molar-refractivity contribution in [3.8, 4) is 16.9 Å². The van der Waals surface area contributed by atoms with E-state index in [2.05, 4.69) is 26.3 Å². The summed E-state index contributed by atoms with van der Waals surface area (Å²) in [4.78, 5) is 4.31. The van der Waals surface area contributed by atoms with Crippen LogP contribution in [-0.4, -0.2) is 27.9 Å². The Bertz CT molecular complexity index is 874. The molecule has 0 saturated carbocycles. The molecule has 1 saturated heterocycles. The van der Waals surface area contributed by atoms with E-state index in [9.17, 15) is 0 Å². The fourth-order valence-electron chi connectivity index (χ4n) is 3.21. The van der Waals surface area contributed by atoms with Crippen LogP contribution >= 0.6 is 11.6 Å². The van der Waals surface area contributed by atoms with Gasteiger partial charge in [0.25, 0.3) is 0 Å². The molecule has 6 heteroatoms. The number of hydrogen-bond donors (Lipinski definition) is 1. The molecule has 3 aromatic rings. The lowest BCUT2D eigenvalue weighted by Gasteiger charge is -2.22. The summed E-state index contributed by atoms with van der Waals surface area (Å²) in [6.07, 6.45) is 9.80. The Kier molecular flexibility index (Phi) is 5.18. The molecular formula is C20H21ClN4O. The molecule has 134 valence electrons. The van der Waals surface area contributed by atoms with E-state index in [0.29, 0.717) is 17.7 Å². The third kappa shape index (κ3) is 4.06. The number of aromatic nitrogens is 3. The summed E-state index contributed by atoms with van der Waals surface area (Å²) in [6, 6.07) is 10.1. The molecule has 5 nitrogen and oxygen atoms in total. The van der Waals surface area contributed by atoms with Crippen molar-refractivity contribution in [3.05, 3.63) is 65.7 Å². The molecule has 3 heterocycles. The summed E-state index contributed by atoms with van der Waals surface area (Å²) >= 11 is 6.02. The van der Waals surface area contributed by atoms with Crippen molar-refractivity contribution < 1.29 is 4.74 Å². The SMILES string of the molecule is Clc1cccc(COc2cncc(-c3cnn(C4CCNCC4)c3)c2)c1. The van der Waals surface area contributed by atoms with E-state index in [1.54, 1.807) is 6.20 Å². The number of piperidine rings is 1. The summed E-state index contributed by atoms with van der Waals surface area (Å²) in [5.74, 6) is 0.733. The molecule has 1 fully saturated rings. The second kappa shape index (κ2) is 7.89. The Morgan fingerprint density at radius 1 is 1.12 bits per heavy atom. The number of hydrogen-bond acceptors (Lipinski definition) is 4. The maximum atomic E-state index is 6.02. The maximum absolute atomic E-state index is 6.02. The molecule has 0 bridgehead atoms. The number of halogens is 1.